The van der Waals surface area contributed by atoms with E-state index in [1.165, 1.54) is 35.3 Å². The molecule has 0 bridgehead atoms. The summed E-state index contributed by atoms with van der Waals surface area (Å²) in [6.45, 7) is 1.97. The van der Waals surface area contributed by atoms with Gasteiger partial charge in [0.2, 0.25) is 0 Å². The van der Waals surface area contributed by atoms with Gasteiger partial charge in [-0.1, -0.05) is 0 Å². The number of ether oxygens (including phenoxy) is 1. The van der Waals surface area contributed by atoms with Gasteiger partial charge >= 0.3 is 5.97 Å². The Morgan fingerprint density at radius 1 is 1.55 bits per heavy atom. The highest BCUT2D eigenvalue weighted by Gasteiger charge is 2.13. The second-order valence-corrected chi connectivity index (χ2v) is 3.89. The van der Waals surface area contributed by atoms with Crippen LogP contribution in [0.5, 0.6) is 0 Å². The van der Waals surface area contributed by atoms with Gasteiger partial charge in [-0.15, -0.1) is 0 Å². The van der Waals surface area contributed by atoms with Crippen LogP contribution in [-0.2, 0) is 4.74 Å². The molecule has 0 fully saturated rings. The summed E-state index contributed by atoms with van der Waals surface area (Å²) in [6, 6.07) is 4.02. The number of hydrogen-bond acceptors (Lipinski definition) is 6. The number of nitro groups is 1. The maximum absolute atomic E-state index is 11.5. The van der Waals surface area contributed by atoms with Crippen LogP contribution in [0.25, 0.3) is 5.69 Å². The number of rotatable bonds is 4. The van der Waals surface area contributed by atoms with E-state index in [9.17, 15) is 14.9 Å². The molecule has 2 rings (SSSR count). The molecule has 0 amide bonds. The standard InChI is InChI=1S/C12H12N4O4/c1-2-20-12(17)8-6-14-15(7-8)11-4-3-9(16(18)19)5-10(11)13/h3-7H,2,13H2,1H3. The monoisotopic (exact) mass is 276 g/mol. The zero-order chi connectivity index (χ0) is 14.7. The number of nitrogens with zero attached hydrogens (tertiary/aromatic N) is 3. The Bertz CT molecular complexity index is 665. The van der Waals surface area contributed by atoms with Crippen molar-refractivity contribution in [3.8, 4) is 5.69 Å². The van der Waals surface area contributed by atoms with Crippen LogP contribution < -0.4 is 5.73 Å². The number of carbonyl (C=O) groups excluding carboxylic acids is 1. The molecule has 2 N–H and O–H groups in total. The average molecular weight is 276 g/mol. The van der Waals surface area contributed by atoms with Gasteiger partial charge in [-0.25, -0.2) is 9.48 Å². The molecule has 0 saturated carbocycles. The lowest BCUT2D eigenvalue weighted by Crippen LogP contribution is -2.04. The van der Waals surface area contributed by atoms with Crippen LogP contribution in [0.15, 0.2) is 30.6 Å². The molecular formula is C12H12N4O4. The molecule has 0 spiro atoms. The molecule has 20 heavy (non-hydrogen) atoms. The maximum atomic E-state index is 11.5. The molecule has 1 heterocycles. The molecule has 1 aromatic heterocycles. The van der Waals surface area contributed by atoms with Crippen LogP contribution in [0.1, 0.15) is 17.3 Å². The first-order valence-electron chi connectivity index (χ1n) is 5.79. The summed E-state index contributed by atoms with van der Waals surface area (Å²) in [7, 11) is 0. The first-order chi connectivity index (χ1) is 9.52. The zero-order valence-electron chi connectivity index (χ0n) is 10.6. The van der Waals surface area contributed by atoms with Gasteiger partial charge in [-0.3, -0.25) is 10.1 Å². The van der Waals surface area contributed by atoms with Gasteiger partial charge in [-0.2, -0.15) is 5.10 Å². The Hall–Kier alpha value is -2.90. The summed E-state index contributed by atoms with van der Waals surface area (Å²) in [4.78, 5) is 21.6. The molecule has 0 aliphatic heterocycles. The van der Waals surface area contributed by atoms with Crippen molar-refractivity contribution in [3.05, 3.63) is 46.3 Å². The maximum Gasteiger partial charge on any atom is 0.341 e. The second-order valence-electron chi connectivity index (χ2n) is 3.89. The lowest BCUT2D eigenvalue weighted by Gasteiger charge is -2.04. The molecule has 8 nitrogen and oxygen atoms in total. The number of nitrogen functional groups attached to an aromatic ring is 1. The van der Waals surface area contributed by atoms with Crippen molar-refractivity contribution < 1.29 is 14.5 Å². The third-order valence-electron chi connectivity index (χ3n) is 2.56. The summed E-state index contributed by atoms with van der Waals surface area (Å²) in [6.07, 6.45) is 2.80. The van der Waals surface area contributed by atoms with Crippen LogP contribution >= 0.6 is 0 Å². The number of nitro benzene ring substituents is 1. The quantitative estimate of drug-likeness (QED) is 0.392. The van der Waals surface area contributed by atoms with E-state index in [0.29, 0.717) is 5.69 Å². The Labute approximate surface area is 113 Å². The van der Waals surface area contributed by atoms with E-state index in [-0.39, 0.29) is 23.5 Å². The van der Waals surface area contributed by atoms with Crippen LogP contribution in [0.2, 0.25) is 0 Å². The van der Waals surface area contributed by atoms with Gasteiger partial charge in [0.25, 0.3) is 5.69 Å². The Morgan fingerprint density at radius 2 is 2.30 bits per heavy atom. The molecule has 0 atom stereocenters. The molecule has 0 radical (unpaired) electrons. The number of nitrogens with two attached hydrogens (primary N) is 1. The number of esters is 1. The van der Waals surface area contributed by atoms with Crippen LogP contribution in [-0.4, -0.2) is 27.3 Å². The lowest BCUT2D eigenvalue weighted by atomic mass is 10.2. The average Bonchev–Trinajstić information content (AvgIpc) is 2.88. The van der Waals surface area contributed by atoms with Gasteiger partial charge in [-0.05, 0) is 13.0 Å². The fourth-order valence-electron chi connectivity index (χ4n) is 1.64. The molecule has 0 aliphatic rings. The van der Waals surface area contributed by atoms with E-state index in [4.69, 9.17) is 10.5 Å². The van der Waals surface area contributed by atoms with Crippen LogP contribution in [0.3, 0.4) is 0 Å². The van der Waals surface area contributed by atoms with Gasteiger partial charge in [0.1, 0.15) is 0 Å². The number of aromatic nitrogens is 2. The van der Waals surface area contributed by atoms with Crippen molar-refractivity contribution in [1.82, 2.24) is 9.78 Å². The minimum Gasteiger partial charge on any atom is -0.462 e. The zero-order valence-corrected chi connectivity index (χ0v) is 10.6. The summed E-state index contributed by atoms with van der Waals surface area (Å²) in [5.74, 6) is -0.487. The Kier molecular flexibility index (Phi) is 3.65. The third-order valence-corrected chi connectivity index (χ3v) is 2.56. The normalized spacial score (nSPS) is 10.2. The van der Waals surface area contributed by atoms with Crippen molar-refractivity contribution >= 4 is 17.3 Å². The summed E-state index contributed by atoms with van der Waals surface area (Å²) >= 11 is 0. The minimum absolute atomic E-state index is 0.107. The number of benzene rings is 1. The van der Waals surface area contributed by atoms with Crippen molar-refractivity contribution in [3.63, 3.8) is 0 Å². The molecule has 0 unspecified atom stereocenters. The number of non-ortho nitro benzene ring substituents is 1. The van der Waals surface area contributed by atoms with Crippen molar-refractivity contribution in [2.45, 2.75) is 6.92 Å². The minimum atomic E-state index is -0.534. The van der Waals surface area contributed by atoms with Gasteiger partial charge in [0.15, 0.2) is 0 Å². The predicted octanol–water partition coefficient (Wildman–Crippen LogP) is 1.54. The highest BCUT2D eigenvalue weighted by molar-refractivity contribution is 5.89. The highest BCUT2D eigenvalue weighted by atomic mass is 16.6. The molecule has 8 heteroatoms. The summed E-state index contributed by atoms with van der Waals surface area (Å²) < 4.78 is 6.21. The molecule has 0 saturated heterocycles. The third kappa shape index (κ3) is 2.58. The van der Waals surface area contributed by atoms with Crippen molar-refractivity contribution in [1.29, 1.82) is 0 Å². The molecule has 2 aromatic rings. The van der Waals surface area contributed by atoms with E-state index in [1.54, 1.807) is 6.92 Å². The first kappa shape index (κ1) is 13.5. The fraction of sp³-hybridized carbons (Fsp3) is 0.167. The van der Waals surface area contributed by atoms with E-state index >= 15 is 0 Å². The van der Waals surface area contributed by atoms with E-state index in [2.05, 4.69) is 5.10 Å². The predicted molar refractivity (Wildman–Crippen MR) is 70.6 cm³/mol. The Balaban J connectivity index is 2.33. The summed E-state index contributed by atoms with van der Waals surface area (Å²) in [5, 5.41) is 14.6. The molecule has 1 aromatic carbocycles. The van der Waals surface area contributed by atoms with Crippen LogP contribution in [0.4, 0.5) is 11.4 Å². The first-order valence-corrected chi connectivity index (χ1v) is 5.79. The lowest BCUT2D eigenvalue weighted by molar-refractivity contribution is -0.384. The van der Waals surface area contributed by atoms with E-state index in [1.807, 2.05) is 0 Å². The van der Waals surface area contributed by atoms with Crippen molar-refractivity contribution in [2.24, 2.45) is 0 Å². The highest BCUT2D eigenvalue weighted by Crippen LogP contribution is 2.23. The van der Waals surface area contributed by atoms with E-state index in [0.717, 1.165) is 0 Å². The summed E-state index contributed by atoms with van der Waals surface area (Å²) in [5.41, 5.74) is 6.57. The topological polar surface area (TPSA) is 113 Å². The SMILES string of the molecule is CCOC(=O)c1cnn(-c2ccc([N+](=O)[O-])cc2N)c1. The fourth-order valence-corrected chi connectivity index (χ4v) is 1.64. The number of anilines is 1. The smallest absolute Gasteiger partial charge is 0.341 e. The molecular weight excluding hydrogens is 264 g/mol. The van der Waals surface area contributed by atoms with Gasteiger partial charge < -0.3 is 10.5 Å². The van der Waals surface area contributed by atoms with Crippen LogP contribution in [0, 0.1) is 10.1 Å². The van der Waals surface area contributed by atoms with E-state index < -0.39 is 10.9 Å². The largest absolute Gasteiger partial charge is 0.462 e. The van der Waals surface area contributed by atoms with Gasteiger partial charge in [0, 0.05) is 18.3 Å². The van der Waals surface area contributed by atoms with Gasteiger partial charge in [0.05, 0.1) is 34.7 Å². The molecule has 104 valence electrons. The van der Waals surface area contributed by atoms with Crippen molar-refractivity contribution in [2.75, 3.05) is 12.3 Å². The Morgan fingerprint density at radius 3 is 2.90 bits per heavy atom. The molecule has 0 aliphatic carbocycles. The number of hydrogen-bond donors (Lipinski definition) is 1. The second kappa shape index (κ2) is 5.39. The number of carbonyl (C=O) groups is 1.